The summed E-state index contributed by atoms with van der Waals surface area (Å²) in [5, 5.41) is 28.6. The van der Waals surface area contributed by atoms with E-state index in [4.69, 9.17) is 20.9 Å². The van der Waals surface area contributed by atoms with Crippen molar-refractivity contribution in [2.24, 2.45) is 22.3 Å². The molecular formula is C48H58FN7O10. The molecule has 18 heteroatoms. The number of carboxylic acid groups (broad SMARTS) is 2. The Kier molecular flexibility index (Phi) is 11.7. The summed E-state index contributed by atoms with van der Waals surface area (Å²) < 4.78 is 28.2. The van der Waals surface area contributed by atoms with Crippen LogP contribution in [-0.2, 0) is 45.3 Å². The standard InChI is InChI=1S/C48H58FN7O10/c1-44(2)33(38(50)57)25-11-15-28(16-12-25)47(44,40(59)52-42(61)62)55-23-7-9-31(55)35-36(65-5)37(66-6)46(54-35,27-19-21-30(49)22-20-27)32-10-8-24-56(32)48(41(60)53-43(63)64)29-17-13-26(14-18-29)34(39(51)58)45(48,3)4/h11-22,31-37,54H,7-10,23-24H2,1-6H3,(H2,50,57)(H2,51,58)(H,52,59)(H,53,60)(H,61,62)(H,63,64)/t31?,32?,33?,34?,35-,36+,37-,46-,47-,48-/m0/s1. The van der Waals surface area contributed by atoms with Gasteiger partial charge in [0.15, 0.2) is 0 Å². The predicted octanol–water partition coefficient (Wildman–Crippen LogP) is 3.55. The summed E-state index contributed by atoms with van der Waals surface area (Å²) in [5.74, 6) is -5.80. The normalized spacial score (nSPS) is 33.2. The van der Waals surface area contributed by atoms with Gasteiger partial charge in [-0.05, 0) is 78.7 Å². The van der Waals surface area contributed by atoms with Gasteiger partial charge in [-0.15, -0.1) is 0 Å². The van der Waals surface area contributed by atoms with Gasteiger partial charge in [0, 0.05) is 37.1 Å². The van der Waals surface area contributed by atoms with Crippen LogP contribution in [-0.4, -0.2) is 113 Å². The maximum atomic E-state index is 15.2. The van der Waals surface area contributed by atoms with Crippen molar-refractivity contribution < 1.29 is 52.8 Å². The smallest absolute Gasteiger partial charge is 0.411 e. The SMILES string of the molecule is CO[C@@H]1[C@H](C2CCCN2[C@]2(C(=O)NC(=O)O)c3ccc(cc3)C(C(N)=O)C2(C)C)N[C@@](c2ccc(F)cc2)(C2CCCN2[C@]2(C(=O)NC(=O)O)c3ccc(cc3)C(C(N)=O)C2(C)C)[C@H]1OC. The Hall–Kier alpha value is -5.79. The van der Waals surface area contributed by atoms with E-state index in [9.17, 15) is 29.4 Å². The number of fused-ring (bicyclic) bond motifs is 8. The summed E-state index contributed by atoms with van der Waals surface area (Å²) in [5.41, 5.74) is 6.98. The third-order valence-electron chi connectivity index (χ3n) is 16.0. The average molecular weight is 912 g/mol. The number of ether oxygens (including phenoxy) is 2. The number of nitrogens with zero attached hydrogens (tertiary/aromatic N) is 2. The van der Waals surface area contributed by atoms with Gasteiger partial charge in [-0.2, -0.15) is 0 Å². The fourth-order valence-corrected chi connectivity index (χ4v) is 13.9. The summed E-state index contributed by atoms with van der Waals surface area (Å²) in [6, 6.07) is 17.5. The number of carbonyl (C=O) groups is 6. The molecule has 10 atom stereocenters. The summed E-state index contributed by atoms with van der Waals surface area (Å²) in [6.07, 6.45) is -3.15. The number of hydrogen-bond donors (Lipinski definition) is 7. The van der Waals surface area contributed by atoms with Crippen molar-refractivity contribution in [2.45, 2.75) is 112 Å². The number of benzene rings is 3. The van der Waals surface area contributed by atoms with E-state index in [0.29, 0.717) is 53.5 Å². The van der Waals surface area contributed by atoms with Crippen molar-refractivity contribution in [2.75, 3.05) is 27.3 Å². The minimum Gasteiger partial charge on any atom is -0.465 e. The van der Waals surface area contributed by atoms with Crippen LogP contribution < -0.4 is 27.4 Å². The Bertz CT molecular complexity index is 2450. The Morgan fingerprint density at radius 2 is 1.11 bits per heavy atom. The van der Waals surface area contributed by atoms with Gasteiger partial charge in [-0.3, -0.25) is 44.9 Å². The topological polar surface area (TPSA) is 256 Å². The van der Waals surface area contributed by atoms with E-state index in [0.717, 1.165) is 0 Å². The molecule has 3 saturated heterocycles. The molecule has 4 bridgehead atoms. The Morgan fingerprint density at radius 1 is 0.667 bits per heavy atom. The minimum absolute atomic E-state index is 0.225. The summed E-state index contributed by atoms with van der Waals surface area (Å²) in [7, 11) is 3.04. The first kappa shape index (κ1) is 46.7. The molecule has 3 aromatic carbocycles. The van der Waals surface area contributed by atoms with Crippen molar-refractivity contribution in [1.82, 2.24) is 25.8 Å². The number of carbonyl (C=O) groups excluding carboxylic acids is 4. The zero-order valence-corrected chi connectivity index (χ0v) is 37.8. The monoisotopic (exact) mass is 911 g/mol. The van der Waals surface area contributed by atoms with Crippen LogP contribution >= 0.6 is 0 Å². The lowest BCUT2D eigenvalue weighted by Gasteiger charge is -2.57. The highest BCUT2D eigenvalue weighted by Gasteiger charge is 2.71. The van der Waals surface area contributed by atoms with E-state index in [-0.39, 0.29) is 13.1 Å². The number of imide groups is 2. The number of amides is 6. The van der Waals surface area contributed by atoms with Crippen molar-refractivity contribution in [3.05, 3.63) is 106 Å². The minimum atomic E-state index is -1.89. The van der Waals surface area contributed by atoms with E-state index < -0.39 is 111 Å². The highest BCUT2D eigenvalue weighted by Crippen LogP contribution is 2.61. The molecule has 6 amide bonds. The van der Waals surface area contributed by atoms with Crippen LogP contribution in [0.2, 0.25) is 0 Å². The second-order valence-electron chi connectivity index (χ2n) is 19.5. The molecule has 4 unspecified atom stereocenters. The van der Waals surface area contributed by atoms with E-state index in [2.05, 4.69) is 16.0 Å². The first-order valence-corrected chi connectivity index (χ1v) is 22.2. The van der Waals surface area contributed by atoms with Gasteiger partial charge in [0.1, 0.15) is 29.1 Å². The van der Waals surface area contributed by atoms with Crippen molar-refractivity contribution >= 4 is 35.8 Å². The van der Waals surface area contributed by atoms with Gasteiger partial charge < -0.3 is 31.2 Å². The molecule has 3 aliphatic heterocycles. The average Bonchev–Trinajstić information content (AvgIpc) is 3.95. The lowest BCUT2D eigenvalue weighted by Crippen LogP contribution is -2.72. The van der Waals surface area contributed by atoms with Crippen molar-refractivity contribution in [3.63, 3.8) is 0 Å². The van der Waals surface area contributed by atoms with Crippen molar-refractivity contribution in [1.29, 1.82) is 0 Å². The van der Waals surface area contributed by atoms with Gasteiger partial charge in [0.05, 0.1) is 23.4 Å². The number of likely N-dealkylation sites (tertiary alicyclic amines) is 2. The molecule has 9 N–H and O–H groups in total. The third kappa shape index (κ3) is 6.35. The number of halogens is 1. The molecule has 0 radical (unpaired) electrons. The van der Waals surface area contributed by atoms with Crippen molar-refractivity contribution in [3.8, 4) is 0 Å². The Morgan fingerprint density at radius 3 is 1.55 bits per heavy atom. The molecule has 7 aliphatic rings. The zero-order valence-electron chi connectivity index (χ0n) is 37.8. The van der Waals surface area contributed by atoms with Gasteiger partial charge in [-0.25, -0.2) is 14.0 Å². The Balaban J connectivity index is 1.36. The second kappa shape index (κ2) is 16.5. The van der Waals surface area contributed by atoms with Crippen LogP contribution in [0.3, 0.4) is 0 Å². The lowest BCUT2D eigenvalue weighted by atomic mass is 9.59. The molecule has 10 rings (SSSR count). The van der Waals surface area contributed by atoms with Crippen LogP contribution in [0.1, 0.15) is 93.0 Å². The summed E-state index contributed by atoms with van der Waals surface area (Å²) >= 11 is 0. The fourth-order valence-electron chi connectivity index (χ4n) is 13.9. The molecule has 0 spiro atoms. The molecule has 66 heavy (non-hydrogen) atoms. The molecule has 17 nitrogen and oxygen atoms in total. The van der Waals surface area contributed by atoms with Gasteiger partial charge in [0.25, 0.3) is 11.8 Å². The Labute approximate surface area is 381 Å². The van der Waals surface area contributed by atoms with Gasteiger partial charge >= 0.3 is 12.2 Å². The first-order valence-electron chi connectivity index (χ1n) is 22.2. The van der Waals surface area contributed by atoms with Crippen LogP contribution in [0.5, 0.6) is 0 Å². The zero-order chi connectivity index (χ0) is 47.9. The predicted molar refractivity (Wildman–Crippen MR) is 236 cm³/mol. The number of primary amides is 2. The first-order chi connectivity index (χ1) is 31.2. The third-order valence-corrected chi connectivity index (χ3v) is 16.0. The summed E-state index contributed by atoms with van der Waals surface area (Å²) in [4.78, 5) is 86.3. The number of rotatable bonds is 11. The molecule has 3 heterocycles. The van der Waals surface area contributed by atoms with Gasteiger partial charge in [0.2, 0.25) is 11.8 Å². The maximum absolute atomic E-state index is 15.2. The van der Waals surface area contributed by atoms with E-state index >= 15 is 14.0 Å². The van der Waals surface area contributed by atoms with E-state index in [1.54, 1.807) is 88.4 Å². The second-order valence-corrected chi connectivity index (χ2v) is 19.5. The molecule has 4 aliphatic carbocycles. The quantitative estimate of drug-likeness (QED) is 0.146. The highest BCUT2D eigenvalue weighted by molar-refractivity contribution is 6.01. The largest absolute Gasteiger partial charge is 0.465 e. The molecule has 352 valence electrons. The van der Waals surface area contributed by atoms with Gasteiger partial charge in [-0.1, -0.05) is 88.4 Å². The molecule has 0 saturated carbocycles. The van der Waals surface area contributed by atoms with Crippen LogP contribution in [0.4, 0.5) is 14.0 Å². The molecule has 3 aromatic rings. The highest BCUT2D eigenvalue weighted by atomic mass is 19.1. The fraction of sp³-hybridized carbons (Fsp3) is 0.500. The number of methoxy groups -OCH3 is 2. The van der Waals surface area contributed by atoms with Crippen LogP contribution in [0, 0.1) is 16.6 Å². The number of nitrogens with one attached hydrogen (secondary N) is 3. The molecule has 3 fully saturated rings. The van der Waals surface area contributed by atoms with Crippen LogP contribution in [0.15, 0.2) is 72.8 Å². The van der Waals surface area contributed by atoms with Crippen LogP contribution in [0.25, 0.3) is 0 Å². The molecule has 0 aromatic heterocycles. The maximum Gasteiger partial charge on any atom is 0.411 e. The number of hydrogen-bond acceptors (Lipinski definition) is 11. The number of nitrogens with two attached hydrogens (primary N) is 2. The molecular weight excluding hydrogens is 854 g/mol. The summed E-state index contributed by atoms with van der Waals surface area (Å²) in [6.45, 7) is 7.46. The van der Waals surface area contributed by atoms with E-state index in [1.165, 1.54) is 26.4 Å². The van der Waals surface area contributed by atoms with E-state index in [1.807, 2.05) is 9.80 Å². The lowest BCUT2D eigenvalue weighted by molar-refractivity contribution is -0.155.